The molecule has 3 rings (SSSR count). The Labute approximate surface area is 146 Å². The molecule has 0 saturated heterocycles. The number of rotatable bonds is 4. The van der Waals surface area contributed by atoms with Crippen molar-refractivity contribution in [2.75, 3.05) is 5.32 Å². The Balaban J connectivity index is 1.57. The number of benzene rings is 1. The minimum absolute atomic E-state index is 0.0296. The SMILES string of the molecule is O=C(NC1CCCCCC1)c1ccc(NC(=O)c2cccs2)cc1. The minimum atomic E-state index is -0.124. The van der Waals surface area contributed by atoms with E-state index in [4.69, 9.17) is 0 Å². The molecule has 1 aromatic heterocycles. The normalized spacial score (nSPS) is 15.5. The zero-order valence-electron chi connectivity index (χ0n) is 13.6. The first-order valence-electron chi connectivity index (χ1n) is 8.48. The second-order valence-corrected chi connectivity index (χ2v) is 7.12. The zero-order valence-corrected chi connectivity index (χ0v) is 14.4. The molecule has 4 nitrogen and oxygen atoms in total. The molecule has 1 aliphatic rings. The van der Waals surface area contributed by atoms with E-state index in [0.717, 1.165) is 12.8 Å². The summed E-state index contributed by atoms with van der Waals surface area (Å²) >= 11 is 1.40. The van der Waals surface area contributed by atoms with E-state index in [1.165, 1.54) is 37.0 Å². The molecular weight excluding hydrogens is 320 g/mol. The third-order valence-corrected chi connectivity index (χ3v) is 5.21. The monoisotopic (exact) mass is 342 g/mol. The molecule has 5 heteroatoms. The Morgan fingerprint density at radius 3 is 2.25 bits per heavy atom. The second-order valence-electron chi connectivity index (χ2n) is 6.17. The van der Waals surface area contributed by atoms with Gasteiger partial charge in [0.2, 0.25) is 0 Å². The van der Waals surface area contributed by atoms with Crippen LogP contribution < -0.4 is 10.6 Å². The topological polar surface area (TPSA) is 58.2 Å². The Bertz CT molecular complexity index is 672. The molecule has 24 heavy (non-hydrogen) atoms. The van der Waals surface area contributed by atoms with Crippen LogP contribution in [0, 0.1) is 0 Å². The summed E-state index contributed by atoms with van der Waals surface area (Å²) in [5.74, 6) is -0.154. The van der Waals surface area contributed by atoms with Crippen molar-refractivity contribution in [3.8, 4) is 0 Å². The lowest BCUT2D eigenvalue weighted by molar-refractivity contribution is 0.0933. The van der Waals surface area contributed by atoms with Gasteiger partial charge >= 0.3 is 0 Å². The molecule has 1 fully saturated rings. The highest BCUT2D eigenvalue weighted by Gasteiger charge is 2.16. The van der Waals surface area contributed by atoms with Crippen LogP contribution in [0.3, 0.4) is 0 Å². The average molecular weight is 342 g/mol. The largest absolute Gasteiger partial charge is 0.349 e. The van der Waals surface area contributed by atoms with E-state index in [1.807, 2.05) is 11.4 Å². The highest BCUT2D eigenvalue weighted by Crippen LogP contribution is 2.18. The van der Waals surface area contributed by atoms with Gasteiger partial charge in [0.05, 0.1) is 4.88 Å². The van der Waals surface area contributed by atoms with Crippen molar-refractivity contribution in [2.45, 2.75) is 44.6 Å². The molecule has 2 aromatic rings. The van der Waals surface area contributed by atoms with Gasteiger partial charge in [0, 0.05) is 17.3 Å². The van der Waals surface area contributed by atoms with Gasteiger partial charge in [0.15, 0.2) is 0 Å². The number of carbonyl (C=O) groups is 2. The van der Waals surface area contributed by atoms with Gasteiger partial charge in [-0.3, -0.25) is 9.59 Å². The van der Waals surface area contributed by atoms with Crippen LogP contribution in [0.4, 0.5) is 5.69 Å². The van der Waals surface area contributed by atoms with E-state index in [0.29, 0.717) is 22.2 Å². The van der Waals surface area contributed by atoms with Gasteiger partial charge in [0.25, 0.3) is 11.8 Å². The number of anilines is 1. The maximum Gasteiger partial charge on any atom is 0.265 e. The van der Waals surface area contributed by atoms with Crippen LogP contribution in [0.1, 0.15) is 58.6 Å². The first kappa shape index (κ1) is 16.7. The summed E-state index contributed by atoms with van der Waals surface area (Å²) in [6, 6.07) is 11.0. The fraction of sp³-hybridized carbons (Fsp3) is 0.368. The van der Waals surface area contributed by atoms with Crippen LogP contribution in [-0.2, 0) is 0 Å². The zero-order chi connectivity index (χ0) is 16.8. The third kappa shape index (κ3) is 4.45. The minimum Gasteiger partial charge on any atom is -0.349 e. The molecule has 2 N–H and O–H groups in total. The van der Waals surface area contributed by atoms with Crippen LogP contribution in [-0.4, -0.2) is 17.9 Å². The van der Waals surface area contributed by atoms with Crippen LogP contribution >= 0.6 is 11.3 Å². The fourth-order valence-corrected chi connectivity index (χ4v) is 3.62. The molecule has 1 aromatic carbocycles. The van der Waals surface area contributed by atoms with E-state index in [1.54, 1.807) is 30.3 Å². The number of amides is 2. The molecule has 0 spiro atoms. The number of hydrogen-bond donors (Lipinski definition) is 2. The highest BCUT2D eigenvalue weighted by molar-refractivity contribution is 7.12. The summed E-state index contributed by atoms with van der Waals surface area (Å²) in [6.45, 7) is 0. The Hall–Kier alpha value is -2.14. The van der Waals surface area contributed by atoms with Crippen molar-refractivity contribution in [1.29, 1.82) is 0 Å². The van der Waals surface area contributed by atoms with Gasteiger partial charge < -0.3 is 10.6 Å². The molecule has 1 heterocycles. The van der Waals surface area contributed by atoms with Crippen molar-refractivity contribution in [3.63, 3.8) is 0 Å². The Morgan fingerprint density at radius 2 is 1.62 bits per heavy atom. The standard InChI is InChI=1S/C19H22N2O2S/c22-18(20-15-6-3-1-2-4-7-15)14-9-11-16(12-10-14)21-19(23)17-8-5-13-24-17/h5,8-13,15H,1-4,6-7H2,(H,20,22)(H,21,23). The summed E-state index contributed by atoms with van der Waals surface area (Å²) in [4.78, 5) is 25.0. The molecule has 1 aliphatic carbocycles. The molecular formula is C19H22N2O2S. The molecule has 1 saturated carbocycles. The van der Waals surface area contributed by atoms with E-state index in [-0.39, 0.29) is 11.8 Å². The van der Waals surface area contributed by atoms with E-state index < -0.39 is 0 Å². The van der Waals surface area contributed by atoms with Crippen LogP contribution in [0.5, 0.6) is 0 Å². The van der Waals surface area contributed by atoms with Gasteiger partial charge in [-0.15, -0.1) is 11.3 Å². The van der Waals surface area contributed by atoms with E-state index in [9.17, 15) is 9.59 Å². The molecule has 2 amide bonds. The first-order valence-corrected chi connectivity index (χ1v) is 9.36. The van der Waals surface area contributed by atoms with Gasteiger partial charge in [-0.2, -0.15) is 0 Å². The van der Waals surface area contributed by atoms with Crippen molar-refractivity contribution < 1.29 is 9.59 Å². The van der Waals surface area contributed by atoms with E-state index in [2.05, 4.69) is 10.6 Å². The maximum atomic E-state index is 12.3. The van der Waals surface area contributed by atoms with Gasteiger partial charge in [-0.05, 0) is 48.6 Å². The van der Waals surface area contributed by atoms with E-state index >= 15 is 0 Å². The summed E-state index contributed by atoms with van der Waals surface area (Å²) < 4.78 is 0. The molecule has 0 radical (unpaired) electrons. The first-order chi connectivity index (χ1) is 11.7. The number of thiophene rings is 1. The van der Waals surface area contributed by atoms with Crippen molar-refractivity contribution in [2.24, 2.45) is 0 Å². The lowest BCUT2D eigenvalue weighted by Crippen LogP contribution is -2.34. The van der Waals surface area contributed by atoms with Gasteiger partial charge in [-0.25, -0.2) is 0 Å². The van der Waals surface area contributed by atoms with Crippen LogP contribution in [0.25, 0.3) is 0 Å². The number of nitrogens with one attached hydrogen (secondary N) is 2. The smallest absolute Gasteiger partial charge is 0.265 e. The Morgan fingerprint density at radius 1 is 0.917 bits per heavy atom. The molecule has 0 bridgehead atoms. The average Bonchev–Trinajstić information content (AvgIpc) is 3.02. The highest BCUT2D eigenvalue weighted by atomic mass is 32.1. The predicted molar refractivity (Wildman–Crippen MR) is 97.7 cm³/mol. The molecule has 126 valence electrons. The summed E-state index contributed by atoms with van der Waals surface area (Å²) in [5.41, 5.74) is 1.33. The van der Waals surface area contributed by atoms with Crippen molar-refractivity contribution >= 4 is 28.8 Å². The molecule has 0 aliphatic heterocycles. The third-order valence-electron chi connectivity index (χ3n) is 4.34. The lowest BCUT2D eigenvalue weighted by Gasteiger charge is -2.16. The van der Waals surface area contributed by atoms with Crippen LogP contribution in [0.2, 0.25) is 0 Å². The summed E-state index contributed by atoms with van der Waals surface area (Å²) in [7, 11) is 0. The summed E-state index contributed by atoms with van der Waals surface area (Å²) in [5, 5.41) is 7.84. The quantitative estimate of drug-likeness (QED) is 0.806. The van der Waals surface area contributed by atoms with Crippen molar-refractivity contribution in [3.05, 3.63) is 52.2 Å². The van der Waals surface area contributed by atoms with Gasteiger partial charge in [0.1, 0.15) is 0 Å². The molecule has 0 atom stereocenters. The number of hydrogen-bond acceptors (Lipinski definition) is 3. The van der Waals surface area contributed by atoms with Gasteiger partial charge in [-0.1, -0.05) is 31.7 Å². The van der Waals surface area contributed by atoms with Crippen LogP contribution in [0.15, 0.2) is 41.8 Å². The maximum absolute atomic E-state index is 12.3. The Kier molecular flexibility index (Phi) is 5.64. The van der Waals surface area contributed by atoms with Crippen molar-refractivity contribution in [1.82, 2.24) is 5.32 Å². The molecule has 0 unspecified atom stereocenters. The second kappa shape index (κ2) is 8.11. The summed E-state index contributed by atoms with van der Waals surface area (Å²) in [6.07, 6.45) is 7.06. The number of carbonyl (C=O) groups excluding carboxylic acids is 2. The fourth-order valence-electron chi connectivity index (χ4n) is 3.00. The predicted octanol–water partition coefficient (Wildman–Crippen LogP) is 4.45. The lowest BCUT2D eigenvalue weighted by atomic mass is 10.1.